The van der Waals surface area contributed by atoms with Crippen LogP contribution < -0.4 is 10.9 Å². The number of hydrogen-bond acceptors (Lipinski definition) is 5. The Bertz CT molecular complexity index is 872. The Kier molecular flexibility index (Phi) is 5.40. The number of para-hydroxylation sites is 1. The quantitative estimate of drug-likeness (QED) is 0.672. The van der Waals surface area contributed by atoms with Crippen LogP contribution in [0.15, 0.2) is 39.5 Å². The van der Waals surface area contributed by atoms with Crippen LogP contribution in [-0.4, -0.2) is 24.5 Å². The summed E-state index contributed by atoms with van der Waals surface area (Å²) in [5.74, 6) is -0.269. The van der Waals surface area contributed by atoms with Gasteiger partial charge in [-0.05, 0) is 30.4 Å². The Morgan fingerprint density at radius 1 is 1.23 bits per heavy atom. The highest BCUT2D eigenvalue weighted by atomic mass is 16.5. The smallest absolute Gasteiger partial charge is 0.351 e. The topological polar surface area (TPSA) is 85.6 Å². The number of fused-ring (bicyclic) bond motifs is 1. The average Bonchev–Trinajstić information content (AvgIpc) is 2.63. The van der Waals surface area contributed by atoms with Gasteiger partial charge in [0.2, 0.25) is 0 Å². The third kappa shape index (κ3) is 3.95. The standard InChI is InChI=1S/C20H23NO5/c1-12-6-5-8-16(13(12)2)21-18(22)11-25-19(23)15-10-14-7-3-4-9-17(14)26-20(15)24/h3-4,7,9-10,12-13,16H,5-6,8,11H2,1-2H3,(H,21,22). The molecule has 1 aromatic heterocycles. The van der Waals surface area contributed by atoms with Crippen molar-refractivity contribution in [3.63, 3.8) is 0 Å². The van der Waals surface area contributed by atoms with Gasteiger partial charge < -0.3 is 14.5 Å². The van der Waals surface area contributed by atoms with Crippen LogP contribution in [0, 0.1) is 11.8 Å². The number of rotatable bonds is 4. The monoisotopic (exact) mass is 357 g/mol. The fraction of sp³-hybridized carbons (Fsp3) is 0.450. The first kappa shape index (κ1) is 18.2. The Hall–Kier alpha value is -2.63. The molecule has 1 amide bonds. The summed E-state index contributed by atoms with van der Waals surface area (Å²) in [5, 5.41) is 3.55. The fourth-order valence-electron chi connectivity index (χ4n) is 3.45. The lowest BCUT2D eigenvalue weighted by Gasteiger charge is -2.34. The van der Waals surface area contributed by atoms with Gasteiger partial charge in [-0.1, -0.05) is 44.9 Å². The summed E-state index contributed by atoms with van der Waals surface area (Å²) < 4.78 is 10.1. The first-order valence-corrected chi connectivity index (χ1v) is 8.95. The zero-order chi connectivity index (χ0) is 18.7. The lowest BCUT2D eigenvalue weighted by molar-refractivity contribution is -0.125. The molecule has 1 saturated carbocycles. The highest BCUT2D eigenvalue weighted by Gasteiger charge is 2.28. The Balaban J connectivity index is 1.61. The van der Waals surface area contributed by atoms with Gasteiger partial charge in [-0.2, -0.15) is 0 Å². The normalized spacial score (nSPS) is 22.8. The Morgan fingerprint density at radius 3 is 2.81 bits per heavy atom. The van der Waals surface area contributed by atoms with Crippen molar-refractivity contribution in [1.29, 1.82) is 0 Å². The molecule has 1 aliphatic rings. The second-order valence-corrected chi connectivity index (χ2v) is 7.00. The lowest BCUT2D eigenvalue weighted by atomic mass is 9.78. The van der Waals surface area contributed by atoms with Crippen LogP contribution in [0.4, 0.5) is 0 Å². The summed E-state index contributed by atoms with van der Waals surface area (Å²) in [6.07, 6.45) is 3.17. The first-order chi connectivity index (χ1) is 12.5. The van der Waals surface area contributed by atoms with E-state index in [1.807, 2.05) is 0 Å². The molecule has 0 radical (unpaired) electrons. The van der Waals surface area contributed by atoms with Gasteiger partial charge >= 0.3 is 11.6 Å². The number of esters is 1. The van der Waals surface area contributed by atoms with Crippen LogP contribution in [0.1, 0.15) is 43.5 Å². The molecule has 3 unspecified atom stereocenters. The van der Waals surface area contributed by atoms with Crippen molar-refractivity contribution in [3.8, 4) is 0 Å². The van der Waals surface area contributed by atoms with Gasteiger partial charge in [0, 0.05) is 11.4 Å². The number of carbonyl (C=O) groups excluding carboxylic acids is 2. The Labute approximate surface area is 151 Å². The second kappa shape index (κ2) is 7.72. The van der Waals surface area contributed by atoms with Gasteiger partial charge in [0.15, 0.2) is 6.61 Å². The average molecular weight is 357 g/mol. The fourth-order valence-corrected chi connectivity index (χ4v) is 3.45. The van der Waals surface area contributed by atoms with E-state index in [9.17, 15) is 14.4 Å². The molecule has 1 fully saturated rings. The second-order valence-electron chi connectivity index (χ2n) is 7.00. The summed E-state index contributed by atoms with van der Waals surface area (Å²) >= 11 is 0. The van der Waals surface area contributed by atoms with Gasteiger partial charge in [0.05, 0.1) is 0 Å². The number of nitrogens with one attached hydrogen (secondary N) is 1. The largest absolute Gasteiger partial charge is 0.452 e. The molecule has 26 heavy (non-hydrogen) atoms. The van der Waals surface area contributed by atoms with Crippen molar-refractivity contribution in [3.05, 3.63) is 46.3 Å². The summed E-state index contributed by atoms with van der Waals surface area (Å²) in [5.41, 5.74) is -0.591. The minimum absolute atomic E-state index is 0.0932. The SMILES string of the molecule is CC1CCCC(NC(=O)COC(=O)c2cc3ccccc3oc2=O)C1C. The van der Waals surface area contributed by atoms with Crippen LogP contribution in [0.3, 0.4) is 0 Å². The van der Waals surface area contributed by atoms with Gasteiger partial charge in [0.25, 0.3) is 5.91 Å². The molecule has 1 heterocycles. The van der Waals surface area contributed by atoms with E-state index in [0.29, 0.717) is 22.8 Å². The lowest BCUT2D eigenvalue weighted by Crippen LogP contribution is -2.45. The van der Waals surface area contributed by atoms with Crippen molar-refractivity contribution in [2.45, 2.75) is 39.2 Å². The van der Waals surface area contributed by atoms with Gasteiger partial charge in [0.1, 0.15) is 11.1 Å². The van der Waals surface area contributed by atoms with E-state index >= 15 is 0 Å². The first-order valence-electron chi connectivity index (χ1n) is 8.95. The molecule has 0 aliphatic heterocycles. The number of benzene rings is 1. The molecule has 3 atom stereocenters. The number of amides is 1. The van der Waals surface area contributed by atoms with Crippen molar-refractivity contribution >= 4 is 22.8 Å². The molecule has 1 aliphatic carbocycles. The summed E-state index contributed by atoms with van der Waals surface area (Å²) in [7, 11) is 0. The predicted molar refractivity (Wildman–Crippen MR) is 96.9 cm³/mol. The molecule has 138 valence electrons. The predicted octanol–water partition coefficient (Wildman–Crippen LogP) is 2.89. The van der Waals surface area contributed by atoms with Gasteiger partial charge in [-0.15, -0.1) is 0 Å². The third-order valence-corrected chi connectivity index (χ3v) is 5.25. The molecule has 6 nitrogen and oxygen atoms in total. The van der Waals surface area contributed by atoms with Crippen LogP contribution in [-0.2, 0) is 9.53 Å². The van der Waals surface area contributed by atoms with E-state index in [4.69, 9.17) is 9.15 Å². The van der Waals surface area contributed by atoms with E-state index in [0.717, 1.165) is 12.8 Å². The zero-order valence-corrected chi connectivity index (χ0v) is 15.0. The molecule has 2 aromatic rings. The molecule has 1 N–H and O–H groups in total. The number of hydrogen-bond donors (Lipinski definition) is 1. The maximum Gasteiger partial charge on any atom is 0.351 e. The molecule has 0 saturated heterocycles. The molecule has 0 bridgehead atoms. The minimum Gasteiger partial charge on any atom is -0.452 e. The third-order valence-electron chi connectivity index (χ3n) is 5.25. The molecular formula is C20H23NO5. The van der Waals surface area contributed by atoms with E-state index in [-0.39, 0.29) is 17.5 Å². The summed E-state index contributed by atoms with van der Waals surface area (Å²) in [4.78, 5) is 36.2. The van der Waals surface area contributed by atoms with Crippen molar-refractivity contribution in [2.75, 3.05) is 6.61 Å². The van der Waals surface area contributed by atoms with Gasteiger partial charge in [-0.3, -0.25) is 4.79 Å². The summed E-state index contributed by atoms with van der Waals surface area (Å²) in [6.45, 7) is 3.89. The Morgan fingerprint density at radius 2 is 2.00 bits per heavy atom. The maximum absolute atomic E-state index is 12.2. The molecule has 1 aromatic carbocycles. The summed E-state index contributed by atoms with van der Waals surface area (Å²) in [6, 6.07) is 8.40. The van der Waals surface area contributed by atoms with E-state index in [1.165, 1.54) is 12.5 Å². The highest BCUT2D eigenvalue weighted by molar-refractivity contribution is 5.94. The minimum atomic E-state index is -0.857. The van der Waals surface area contributed by atoms with Crippen molar-refractivity contribution in [2.24, 2.45) is 11.8 Å². The number of ether oxygens (including phenoxy) is 1. The molecule has 6 heteroatoms. The zero-order valence-electron chi connectivity index (χ0n) is 15.0. The van der Waals surface area contributed by atoms with Crippen LogP contribution in [0.2, 0.25) is 0 Å². The van der Waals surface area contributed by atoms with E-state index < -0.39 is 18.2 Å². The van der Waals surface area contributed by atoms with Crippen molar-refractivity contribution in [1.82, 2.24) is 5.32 Å². The van der Waals surface area contributed by atoms with Crippen LogP contribution >= 0.6 is 0 Å². The molecular weight excluding hydrogens is 334 g/mol. The number of carbonyl (C=O) groups is 2. The van der Waals surface area contributed by atoms with E-state index in [2.05, 4.69) is 19.2 Å². The highest BCUT2D eigenvalue weighted by Crippen LogP contribution is 2.29. The van der Waals surface area contributed by atoms with Gasteiger partial charge in [-0.25, -0.2) is 9.59 Å². The van der Waals surface area contributed by atoms with Crippen LogP contribution in [0.25, 0.3) is 11.0 Å². The molecule has 3 rings (SSSR count). The maximum atomic E-state index is 12.2. The van der Waals surface area contributed by atoms with Crippen LogP contribution in [0.5, 0.6) is 0 Å². The molecule has 0 spiro atoms. The van der Waals surface area contributed by atoms with Crippen molar-refractivity contribution < 1.29 is 18.7 Å². The van der Waals surface area contributed by atoms with E-state index in [1.54, 1.807) is 24.3 Å².